The SMILES string of the molecule is Cc1ccc(CSCC(=O)N2C[C@@H](CN)[C@H](c3ccccc3)C2)cc1.Cl. The third-order valence-corrected chi connectivity index (χ3v) is 5.93. The van der Waals surface area contributed by atoms with Gasteiger partial charge in [-0.2, -0.15) is 0 Å². The molecule has 5 heteroatoms. The number of hydrogen-bond acceptors (Lipinski definition) is 3. The summed E-state index contributed by atoms with van der Waals surface area (Å²) in [4.78, 5) is 14.6. The van der Waals surface area contributed by atoms with E-state index in [1.165, 1.54) is 16.7 Å². The third kappa shape index (κ3) is 5.26. The van der Waals surface area contributed by atoms with Gasteiger partial charge in [-0.15, -0.1) is 24.2 Å². The van der Waals surface area contributed by atoms with Crippen molar-refractivity contribution in [3.05, 3.63) is 71.3 Å². The Hall–Kier alpha value is -1.49. The molecule has 3 nitrogen and oxygen atoms in total. The summed E-state index contributed by atoms with van der Waals surface area (Å²) in [5, 5.41) is 0. The van der Waals surface area contributed by atoms with Crippen LogP contribution in [0.25, 0.3) is 0 Å². The normalized spacial score (nSPS) is 19.2. The van der Waals surface area contributed by atoms with Gasteiger partial charge in [0.25, 0.3) is 0 Å². The number of likely N-dealkylation sites (tertiary alicyclic amines) is 1. The van der Waals surface area contributed by atoms with Crippen molar-refractivity contribution in [1.82, 2.24) is 4.90 Å². The largest absolute Gasteiger partial charge is 0.341 e. The Morgan fingerprint density at radius 1 is 1.12 bits per heavy atom. The fourth-order valence-corrected chi connectivity index (χ4v) is 4.31. The maximum absolute atomic E-state index is 12.6. The Kier molecular flexibility index (Phi) is 8.01. The van der Waals surface area contributed by atoms with Gasteiger partial charge in [-0.05, 0) is 30.5 Å². The van der Waals surface area contributed by atoms with E-state index in [0.29, 0.717) is 24.1 Å². The first-order chi connectivity index (χ1) is 12.2. The average Bonchev–Trinajstić information content (AvgIpc) is 3.08. The molecule has 1 fully saturated rings. The quantitative estimate of drug-likeness (QED) is 0.814. The molecule has 2 atom stereocenters. The third-order valence-electron chi connectivity index (χ3n) is 4.94. The van der Waals surface area contributed by atoms with E-state index in [-0.39, 0.29) is 18.3 Å². The highest BCUT2D eigenvalue weighted by atomic mass is 35.5. The molecule has 1 heterocycles. The van der Waals surface area contributed by atoms with Gasteiger partial charge in [0.05, 0.1) is 5.75 Å². The predicted octanol–water partition coefficient (Wildman–Crippen LogP) is 3.85. The number of rotatable bonds is 6. The van der Waals surface area contributed by atoms with Crippen molar-refractivity contribution < 1.29 is 4.79 Å². The van der Waals surface area contributed by atoms with Crippen LogP contribution in [0.5, 0.6) is 0 Å². The molecular weight excluding hydrogens is 364 g/mol. The lowest BCUT2D eigenvalue weighted by Gasteiger charge is -2.16. The van der Waals surface area contributed by atoms with Crippen LogP contribution < -0.4 is 5.73 Å². The second kappa shape index (κ2) is 10.0. The number of nitrogens with two attached hydrogens (primary N) is 1. The number of amides is 1. The Morgan fingerprint density at radius 2 is 1.81 bits per heavy atom. The first kappa shape index (κ1) is 20.8. The lowest BCUT2D eigenvalue weighted by atomic mass is 9.89. The van der Waals surface area contributed by atoms with Gasteiger partial charge in [-0.25, -0.2) is 0 Å². The Labute approximate surface area is 166 Å². The van der Waals surface area contributed by atoms with Crippen LogP contribution in [0, 0.1) is 12.8 Å². The fraction of sp³-hybridized carbons (Fsp3) is 0.381. The standard InChI is InChI=1S/C21H26N2OS.ClH/c1-16-7-9-17(10-8-16)14-25-15-21(24)23-12-19(11-22)20(13-23)18-5-3-2-4-6-18;/h2-10,19-20H,11-15,22H2,1H3;1H/t19-,20+;/m1./s1. The zero-order valence-corrected chi connectivity index (χ0v) is 16.8. The predicted molar refractivity (Wildman–Crippen MR) is 113 cm³/mol. The smallest absolute Gasteiger partial charge is 0.232 e. The van der Waals surface area contributed by atoms with Gasteiger partial charge < -0.3 is 10.6 Å². The van der Waals surface area contributed by atoms with Crippen molar-refractivity contribution >= 4 is 30.1 Å². The molecule has 1 aliphatic heterocycles. The average molecular weight is 391 g/mol. The van der Waals surface area contributed by atoms with E-state index in [4.69, 9.17) is 5.73 Å². The molecule has 2 aromatic rings. The highest BCUT2D eigenvalue weighted by Gasteiger charge is 2.34. The van der Waals surface area contributed by atoms with Crippen LogP contribution in [-0.2, 0) is 10.5 Å². The molecule has 140 valence electrons. The number of carbonyl (C=O) groups excluding carboxylic acids is 1. The highest BCUT2D eigenvalue weighted by Crippen LogP contribution is 2.32. The molecule has 2 N–H and O–H groups in total. The summed E-state index contributed by atoms with van der Waals surface area (Å²) in [7, 11) is 0. The molecule has 1 amide bonds. The van der Waals surface area contributed by atoms with Gasteiger partial charge in [-0.1, -0.05) is 60.2 Å². The summed E-state index contributed by atoms with van der Waals surface area (Å²) in [6, 6.07) is 19.0. The molecule has 0 spiro atoms. The van der Waals surface area contributed by atoms with E-state index in [0.717, 1.165) is 18.8 Å². The molecule has 0 aromatic heterocycles. The number of thioether (sulfide) groups is 1. The lowest BCUT2D eigenvalue weighted by Crippen LogP contribution is -2.31. The zero-order valence-electron chi connectivity index (χ0n) is 15.1. The van der Waals surface area contributed by atoms with Gasteiger partial charge in [0, 0.05) is 24.8 Å². The van der Waals surface area contributed by atoms with Gasteiger partial charge in [-0.3, -0.25) is 4.79 Å². The zero-order chi connectivity index (χ0) is 17.6. The Balaban J connectivity index is 0.00000243. The van der Waals surface area contributed by atoms with Crippen LogP contribution in [0.3, 0.4) is 0 Å². The summed E-state index contributed by atoms with van der Waals surface area (Å²) in [6.45, 7) is 4.28. The van der Waals surface area contributed by atoms with Crippen LogP contribution in [0.4, 0.5) is 0 Å². The lowest BCUT2D eigenvalue weighted by molar-refractivity contribution is -0.127. The van der Waals surface area contributed by atoms with Crippen LogP contribution in [-0.4, -0.2) is 36.2 Å². The summed E-state index contributed by atoms with van der Waals surface area (Å²) in [6.07, 6.45) is 0. The van der Waals surface area contributed by atoms with Crippen LogP contribution in [0.1, 0.15) is 22.6 Å². The molecule has 0 aliphatic carbocycles. The summed E-state index contributed by atoms with van der Waals surface area (Å²) >= 11 is 1.69. The summed E-state index contributed by atoms with van der Waals surface area (Å²) in [5.41, 5.74) is 9.80. The van der Waals surface area contributed by atoms with Crippen LogP contribution in [0.15, 0.2) is 54.6 Å². The maximum atomic E-state index is 12.6. The number of nitrogens with zero attached hydrogens (tertiary/aromatic N) is 1. The van der Waals surface area contributed by atoms with Gasteiger partial charge in [0.15, 0.2) is 0 Å². The van der Waals surface area contributed by atoms with Gasteiger partial charge in [0.2, 0.25) is 5.91 Å². The second-order valence-electron chi connectivity index (χ2n) is 6.79. The van der Waals surface area contributed by atoms with Crippen molar-refractivity contribution in [2.24, 2.45) is 11.7 Å². The summed E-state index contributed by atoms with van der Waals surface area (Å²) in [5.74, 6) is 2.36. The molecule has 3 rings (SSSR count). The van der Waals surface area contributed by atoms with E-state index in [1.807, 2.05) is 11.0 Å². The first-order valence-electron chi connectivity index (χ1n) is 8.83. The van der Waals surface area contributed by atoms with E-state index in [9.17, 15) is 4.79 Å². The minimum atomic E-state index is 0. The van der Waals surface area contributed by atoms with Crippen molar-refractivity contribution in [2.75, 3.05) is 25.4 Å². The van der Waals surface area contributed by atoms with Crippen LogP contribution >= 0.6 is 24.2 Å². The molecule has 26 heavy (non-hydrogen) atoms. The van der Waals surface area contributed by atoms with Gasteiger partial charge in [0.1, 0.15) is 0 Å². The molecule has 0 radical (unpaired) electrons. The molecule has 1 saturated heterocycles. The minimum absolute atomic E-state index is 0. The van der Waals surface area contributed by atoms with Crippen molar-refractivity contribution in [2.45, 2.75) is 18.6 Å². The molecule has 2 aromatic carbocycles. The summed E-state index contributed by atoms with van der Waals surface area (Å²) < 4.78 is 0. The first-order valence-corrected chi connectivity index (χ1v) is 9.99. The number of benzene rings is 2. The molecular formula is C21H27ClN2OS. The molecule has 0 unspecified atom stereocenters. The topological polar surface area (TPSA) is 46.3 Å². The van der Waals surface area contributed by atoms with Crippen molar-refractivity contribution in [3.63, 3.8) is 0 Å². The number of hydrogen-bond donors (Lipinski definition) is 1. The minimum Gasteiger partial charge on any atom is -0.341 e. The van der Waals surface area contributed by atoms with E-state index in [1.54, 1.807) is 11.8 Å². The number of aryl methyl sites for hydroxylation is 1. The van der Waals surface area contributed by atoms with E-state index in [2.05, 4.69) is 55.5 Å². The van der Waals surface area contributed by atoms with Crippen LogP contribution in [0.2, 0.25) is 0 Å². The fourth-order valence-electron chi connectivity index (χ4n) is 3.42. The maximum Gasteiger partial charge on any atom is 0.232 e. The monoisotopic (exact) mass is 390 g/mol. The Bertz CT molecular complexity index is 693. The van der Waals surface area contributed by atoms with E-state index < -0.39 is 0 Å². The number of carbonyl (C=O) groups is 1. The molecule has 1 aliphatic rings. The highest BCUT2D eigenvalue weighted by molar-refractivity contribution is 7.99. The number of halogens is 1. The van der Waals surface area contributed by atoms with Gasteiger partial charge >= 0.3 is 0 Å². The van der Waals surface area contributed by atoms with Crippen molar-refractivity contribution in [1.29, 1.82) is 0 Å². The van der Waals surface area contributed by atoms with Crippen molar-refractivity contribution in [3.8, 4) is 0 Å². The van der Waals surface area contributed by atoms with E-state index >= 15 is 0 Å². The molecule has 0 saturated carbocycles. The molecule has 0 bridgehead atoms. The second-order valence-corrected chi connectivity index (χ2v) is 7.78. The Morgan fingerprint density at radius 3 is 2.46 bits per heavy atom.